The quantitative estimate of drug-likeness (QED) is 0.785. The molecule has 1 spiro atoms. The average molecular weight is 381 g/mol. The van der Waals surface area contributed by atoms with Gasteiger partial charge in [-0.1, -0.05) is 18.6 Å². The molecule has 146 valence electrons. The molecule has 0 aromatic heterocycles. The summed E-state index contributed by atoms with van der Waals surface area (Å²) in [7, 11) is 1.74. The van der Waals surface area contributed by atoms with E-state index >= 15 is 0 Å². The van der Waals surface area contributed by atoms with Crippen LogP contribution in [0.1, 0.15) is 37.7 Å². The molecule has 2 saturated heterocycles. The highest BCUT2D eigenvalue weighted by Gasteiger charge is 2.45. The molecule has 0 radical (unpaired) electrons. The first-order chi connectivity index (χ1) is 12.2. The predicted octanol–water partition coefficient (Wildman–Crippen LogP) is 3.49. The van der Waals surface area contributed by atoms with Crippen LogP contribution < -0.4 is 10.1 Å². The Hall–Kier alpha value is -0.810. The Kier molecular flexibility index (Phi) is 6.50. The number of hydrogen-bond donors (Lipinski definition) is 1. The normalized spacial score (nSPS) is 27.3. The number of likely N-dealkylation sites (tertiary alicyclic amines) is 1. The maximum absolute atomic E-state index is 6.23. The van der Waals surface area contributed by atoms with Crippen LogP contribution in [0, 0.1) is 10.8 Å². The molecular weight excluding hydrogens is 348 g/mol. The van der Waals surface area contributed by atoms with E-state index in [-0.39, 0.29) is 12.4 Å². The van der Waals surface area contributed by atoms with Crippen molar-refractivity contribution < 1.29 is 9.47 Å². The van der Waals surface area contributed by atoms with Gasteiger partial charge in [-0.15, -0.1) is 12.4 Å². The molecule has 2 heterocycles. The fourth-order valence-corrected chi connectivity index (χ4v) is 4.93. The molecule has 1 N–H and O–H groups in total. The highest BCUT2D eigenvalue weighted by Crippen LogP contribution is 2.44. The molecule has 0 bridgehead atoms. The van der Waals surface area contributed by atoms with Gasteiger partial charge < -0.3 is 19.7 Å². The molecular formula is C21H33ClN2O2. The van der Waals surface area contributed by atoms with E-state index in [1.165, 1.54) is 70.4 Å². The van der Waals surface area contributed by atoms with Gasteiger partial charge in [-0.3, -0.25) is 0 Å². The van der Waals surface area contributed by atoms with Crippen molar-refractivity contribution >= 4 is 12.4 Å². The highest BCUT2D eigenvalue weighted by molar-refractivity contribution is 5.85. The second kappa shape index (κ2) is 8.47. The number of rotatable bonds is 7. The van der Waals surface area contributed by atoms with Crippen molar-refractivity contribution in [3.63, 3.8) is 0 Å². The van der Waals surface area contributed by atoms with Gasteiger partial charge in [0.05, 0.1) is 13.2 Å². The standard InChI is InChI=1S/C21H32N2O2.ClH/c1-24-13-18-4-2-5-19(12-18)25-17-21(6-3-7-21)16-23-11-9-20(15-23)8-10-22-14-20;/h2,4-5,12,22H,3,6-11,13-17H2,1H3;1H. The largest absolute Gasteiger partial charge is 0.493 e. The zero-order valence-corrected chi connectivity index (χ0v) is 16.8. The van der Waals surface area contributed by atoms with Crippen molar-refractivity contribution in [3.05, 3.63) is 29.8 Å². The third-order valence-corrected chi connectivity index (χ3v) is 6.58. The van der Waals surface area contributed by atoms with Crippen LogP contribution in [0.2, 0.25) is 0 Å². The van der Waals surface area contributed by atoms with Crippen LogP contribution in [0.25, 0.3) is 0 Å². The monoisotopic (exact) mass is 380 g/mol. The molecule has 2 aliphatic heterocycles. The van der Waals surface area contributed by atoms with Gasteiger partial charge in [0.1, 0.15) is 5.75 Å². The predicted molar refractivity (Wildman–Crippen MR) is 107 cm³/mol. The van der Waals surface area contributed by atoms with E-state index in [0.717, 1.165) is 12.4 Å². The van der Waals surface area contributed by atoms with E-state index < -0.39 is 0 Å². The molecule has 1 aromatic carbocycles. The Balaban J connectivity index is 0.00000196. The molecule has 4 rings (SSSR count). The van der Waals surface area contributed by atoms with Crippen molar-refractivity contribution in [2.75, 3.05) is 46.4 Å². The zero-order valence-electron chi connectivity index (χ0n) is 16.0. The number of nitrogens with zero attached hydrogens (tertiary/aromatic N) is 1. The lowest BCUT2D eigenvalue weighted by Crippen LogP contribution is -2.46. The lowest BCUT2D eigenvalue weighted by atomic mass is 9.69. The zero-order chi connectivity index (χ0) is 17.2. The minimum absolute atomic E-state index is 0. The van der Waals surface area contributed by atoms with Crippen molar-refractivity contribution in [2.45, 2.75) is 38.7 Å². The molecule has 1 aromatic rings. The van der Waals surface area contributed by atoms with Gasteiger partial charge in [0.15, 0.2) is 0 Å². The number of benzene rings is 1. The number of halogens is 1. The van der Waals surface area contributed by atoms with Crippen LogP contribution in [0.15, 0.2) is 24.3 Å². The van der Waals surface area contributed by atoms with Crippen LogP contribution in [-0.4, -0.2) is 51.3 Å². The first kappa shape index (κ1) is 19.9. The Labute approximate surface area is 164 Å². The maximum atomic E-state index is 6.23. The SMILES string of the molecule is COCc1cccc(OCC2(CN3CCC4(CCNC4)C3)CCC2)c1.Cl. The molecule has 0 amide bonds. The molecule has 26 heavy (non-hydrogen) atoms. The maximum Gasteiger partial charge on any atom is 0.119 e. The van der Waals surface area contributed by atoms with Crippen molar-refractivity contribution in [3.8, 4) is 5.75 Å². The summed E-state index contributed by atoms with van der Waals surface area (Å²) >= 11 is 0. The van der Waals surface area contributed by atoms with Gasteiger partial charge in [-0.2, -0.15) is 0 Å². The minimum Gasteiger partial charge on any atom is -0.493 e. The molecule has 1 aliphatic carbocycles. The Morgan fingerprint density at radius 3 is 2.77 bits per heavy atom. The fourth-order valence-electron chi connectivity index (χ4n) is 4.93. The molecule has 4 nitrogen and oxygen atoms in total. The second-order valence-corrected chi connectivity index (χ2v) is 8.61. The molecule has 1 atom stereocenters. The lowest BCUT2D eigenvalue weighted by molar-refractivity contribution is 0.0216. The number of methoxy groups -OCH3 is 1. The van der Waals surface area contributed by atoms with E-state index in [4.69, 9.17) is 9.47 Å². The van der Waals surface area contributed by atoms with E-state index in [9.17, 15) is 0 Å². The third-order valence-electron chi connectivity index (χ3n) is 6.58. The average Bonchev–Trinajstić information content (AvgIpc) is 3.21. The summed E-state index contributed by atoms with van der Waals surface area (Å²) in [6, 6.07) is 8.34. The van der Waals surface area contributed by atoms with Crippen LogP contribution >= 0.6 is 12.4 Å². The van der Waals surface area contributed by atoms with E-state index in [1.54, 1.807) is 7.11 Å². The topological polar surface area (TPSA) is 33.7 Å². The van der Waals surface area contributed by atoms with Gasteiger partial charge >= 0.3 is 0 Å². The molecule has 1 unspecified atom stereocenters. The number of ether oxygens (including phenoxy) is 2. The second-order valence-electron chi connectivity index (χ2n) is 8.61. The summed E-state index contributed by atoms with van der Waals surface area (Å²) in [4.78, 5) is 2.72. The smallest absolute Gasteiger partial charge is 0.119 e. The van der Waals surface area contributed by atoms with E-state index in [0.29, 0.717) is 17.4 Å². The van der Waals surface area contributed by atoms with Gasteiger partial charge in [-0.05, 0) is 61.9 Å². The van der Waals surface area contributed by atoms with E-state index in [2.05, 4.69) is 34.5 Å². The van der Waals surface area contributed by atoms with Crippen LogP contribution in [-0.2, 0) is 11.3 Å². The van der Waals surface area contributed by atoms with Gasteiger partial charge in [0.25, 0.3) is 0 Å². The Morgan fingerprint density at radius 2 is 2.08 bits per heavy atom. The summed E-state index contributed by atoms with van der Waals surface area (Å²) in [6.07, 6.45) is 6.71. The van der Waals surface area contributed by atoms with Crippen LogP contribution in [0.4, 0.5) is 0 Å². The summed E-state index contributed by atoms with van der Waals surface area (Å²) in [5.74, 6) is 0.985. The molecule has 1 saturated carbocycles. The van der Waals surface area contributed by atoms with Crippen molar-refractivity contribution in [1.82, 2.24) is 10.2 Å². The minimum atomic E-state index is 0. The third kappa shape index (κ3) is 4.36. The van der Waals surface area contributed by atoms with Gasteiger partial charge in [0.2, 0.25) is 0 Å². The van der Waals surface area contributed by atoms with Crippen LogP contribution in [0.5, 0.6) is 5.75 Å². The molecule has 3 aliphatic rings. The summed E-state index contributed by atoms with van der Waals surface area (Å²) < 4.78 is 11.5. The van der Waals surface area contributed by atoms with Crippen LogP contribution in [0.3, 0.4) is 0 Å². The Bertz CT molecular complexity index is 585. The fraction of sp³-hybridized carbons (Fsp3) is 0.714. The number of hydrogen-bond acceptors (Lipinski definition) is 4. The van der Waals surface area contributed by atoms with Gasteiger partial charge in [-0.25, -0.2) is 0 Å². The van der Waals surface area contributed by atoms with Crippen molar-refractivity contribution in [1.29, 1.82) is 0 Å². The van der Waals surface area contributed by atoms with Crippen molar-refractivity contribution in [2.24, 2.45) is 10.8 Å². The highest BCUT2D eigenvalue weighted by atomic mass is 35.5. The summed E-state index contributed by atoms with van der Waals surface area (Å²) in [5, 5.41) is 3.57. The van der Waals surface area contributed by atoms with E-state index in [1.807, 2.05) is 0 Å². The Morgan fingerprint density at radius 1 is 1.19 bits per heavy atom. The lowest BCUT2D eigenvalue weighted by Gasteiger charge is -2.44. The molecule has 5 heteroatoms. The molecule has 3 fully saturated rings. The van der Waals surface area contributed by atoms with Gasteiger partial charge in [0, 0.05) is 32.2 Å². The summed E-state index contributed by atoms with van der Waals surface area (Å²) in [6.45, 7) is 7.70. The first-order valence-electron chi connectivity index (χ1n) is 9.85. The summed E-state index contributed by atoms with van der Waals surface area (Å²) in [5.41, 5.74) is 2.12. The first-order valence-corrected chi connectivity index (χ1v) is 9.85. The number of nitrogens with one attached hydrogen (secondary N) is 1.